The molecule has 0 aliphatic rings. The van der Waals surface area contributed by atoms with Crippen molar-refractivity contribution < 1.29 is 0 Å². The third-order valence-electron chi connectivity index (χ3n) is 5.08. The predicted octanol–water partition coefficient (Wildman–Crippen LogP) is 6.11. The van der Waals surface area contributed by atoms with E-state index < -0.39 is 0 Å². The molecule has 0 spiro atoms. The molecule has 0 unspecified atom stereocenters. The zero-order chi connectivity index (χ0) is 15.7. The monoisotopic (exact) mass is 306 g/mol. The molecule has 0 amide bonds. The molecule has 2 heteroatoms. The van der Waals surface area contributed by atoms with E-state index in [0.717, 1.165) is 0 Å². The molecule has 6 rings (SSSR count). The van der Waals surface area contributed by atoms with E-state index in [2.05, 4.69) is 82.8 Å². The van der Waals surface area contributed by atoms with Crippen LogP contribution in [0.15, 0.2) is 72.8 Å². The molecule has 6 aromatic rings. The van der Waals surface area contributed by atoms with Gasteiger partial charge in [0.1, 0.15) is 0 Å². The summed E-state index contributed by atoms with van der Waals surface area (Å²) in [6, 6.07) is 26.1. The van der Waals surface area contributed by atoms with Crippen molar-refractivity contribution in [3.63, 3.8) is 0 Å². The van der Waals surface area contributed by atoms with E-state index in [0.29, 0.717) is 0 Å². The van der Waals surface area contributed by atoms with Crippen molar-refractivity contribution in [1.82, 2.24) is 9.97 Å². The normalized spacial score (nSPS) is 12.2. The first-order valence-corrected chi connectivity index (χ1v) is 8.21. The highest BCUT2D eigenvalue weighted by molar-refractivity contribution is 6.20. The first-order chi connectivity index (χ1) is 11.9. The van der Waals surface area contributed by atoms with Crippen LogP contribution in [-0.2, 0) is 0 Å². The lowest BCUT2D eigenvalue weighted by Crippen LogP contribution is -1.76. The number of H-pyrrole nitrogens is 2. The van der Waals surface area contributed by atoms with Gasteiger partial charge in [0.2, 0.25) is 0 Å². The number of hydrogen-bond acceptors (Lipinski definition) is 0. The molecule has 0 aliphatic heterocycles. The van der Waals surface area contributed by atoms with E-state index in [9.17, 15) is 0 Å². The molecule has 0 bridgehead atoms. The number of nitrogens with one attached hydrogen (secondary N) is 2. The average molecular weight is 306 g/mol. The molecule has 0 radical (unpaired) electrons. The fourth-order valence-electron chi connectivity index (χ4n) is 3.90. The highest BCUT2D eigenvalue weighted by Crippen LogP contribution is 2.35. The summed E-state index contributed by atoms with van der Waals surface area (Å²) >= 11 is 0. The van der Waals surface area contributed by atoms with Crippen molar-refractivity contribution in [2.24, 2.45) is 0 Å². The number of hydrogen-bond donors (Lipinski definition) is 2. The van der Waals surface area contributed by atoms with Crippen LogP contribution in [0, 0.1) is 0 Å². The van der Waals surface area contributed by atoms with Gasteiger partial charge >= 0.3 is 0 Å². The lowest BCUT2D eigenvalue weighted by Gasteiger charge is -1.99. The second-order valence-corrected chi connectivity index (χ2v) is 6.49. The fraction of sp³-hybridized carbons (Fsp3) is 0. The van der Waals surface area contributed by atoms with E-state index in [1.165, 1.54) is 54.4 Å². The standard InChI is InChI=1S/C22H14N2/c1-3-7-15-11-19-17(9-13(15)5-1)21-22(23-19)18-10-14-6-2-4-8-16(14)12-20(18)24-21/h1-12,23-24H. The first-order valence-electron chi connectivity index (χ1n) is 8.21. The smallest absolute Gasteiger partial charge is 0.0725 e. The molecular weight excluding hydrogens is 292 g/mol. The predicted molar refractivity (Wildman–Crippen MR) is 103 cm³/mol. The number of benzene rings is 4. The molecule has 0 atom stereocenters. The summed E-state index contributed by atoms with van der Waals surface area (Å²) < 4.78 is 0. The van der Waals surface area contributed by atoms with Gasteiger partial charge in [0.15, 0.2) is 0 Å². The Morgan fingerprint density at radius 1 is 0.458 bits per heavy atom. The van der Waals surface area contributed by atoms with Crippen LogP contribution in [0.25, 0.3) is 54.4 Å². The van der Waals surface area contributed by atoms with Gasteiger partial charge < -0.3 is 9.97 Å². The summed E-state index contributed by atoms with van der Waals surface area (Å²) in [7, 11) is 0. The number of aromatic nitrogens is 2. The van der Waals surface area contributed by atoms with Crippen molar-refractivity contribution in [3.05, 3.63) is 72.8 Å². The summed E-state index contributed by atoms with van der Waals surface area (Å²) in [6.07, 6.45) is 0. The van der Waals surface area contributed by atoms with Crippen molar-refractivity contribution >= 4 is 54.4 Å². The Hall–Kier alpha value is -3.26. The SMILES string of the molecule is c1ccc2cc3c(cc2c1)[nH]c1c2cc4ccccc4cc2[nH]c31. The number of fused-ring (bicyclic) bond motifs is 7. The van der Waals surface area contributed by atoms with Crippen molar-refractivity contribution in [2.75, 3.05) is 0 Å². The molecule has 24 heavy (non-hydrogen) atoms. The molecule has 0 saturated heterocycles. The van der Waals surface area contributed by atoms with Gasteiger partial charge in [-0.1, -0.05) is 48.5 Å². The van der Waals surface area contributed by atoms with Gasteiger partial charge in [-0.25, -0.2) is 0 Å². The van der Waals surface area contributed by atoms with E-state index in [-0.39, 0.29) is 0 Å². The Morgan fingerprint density at radius 2 is 0.833 bits per heavy atom. The third-order valence-corrected chi connectivity index (χ3v) is 5.08. The molecule has 2 heterocycles. The largest absolute Gasteiger partial charge is 0.353 e. The summed E-state index contributed by atoms with van der Waals surface area (Å²) in [4.78, 5) is 7.25. The average Bonchev–Trinajstić information content (AvgIpc) is 3.13. The zero-order valence-corrected chi connectivity index (χ0v) is 12.9. The van der Waals surface area contributed by atoms with Crippen LogP contribution in [0.5, 0.6) is 0 Å². The van der Waals surface area contributed by atoms with Gasteiger partial charge in [0.25, 0.3) is 0 Å². The van der Waals surface area contributed by atoms with Crippen LogP contribution in [0.2, 0.25) is 0 Å². The molecule has 0 fully saturated rings. The summed E-state index contributed by atoms with van der Waals surface area (Å²) in [5.41, 5.74) is 4.76. The Kier molecular flexibility index (Phi) is 2.12. The lowest BCUT2D eigenvalue weighted by molar-refractivity contribution is 1.57. The number of rotatable bonds is 0. The Labute approximate surface area is 137 Å². The van der Waals surface area contributed by atoms with E-state index in [4.69, 9.17) is 0 Å². The highest BCUT2D eigenvalue weighted by Gasteiger charge is 2.12. The molecule has 112 valence electrons. The van der Waals surface area contributed by atoms with Gasteiger partial charge in [-0.2, -0.15) is 0 Å². The van der Waals surface area contributed by atoms with Gasteiger partial charge in [-0.3, -0.25) is 0 Å². The van der Waals surface area contributed by atoms with E-state index >= 15 is 0 Å². The van der Waals surface area contributed by atoms with Gasteiger partial charge in [-0.05, 0) is 45.8 Å². The molecular formula is C22H14N2. The second kappa shape index (κ2) is 4.18. The first kappa shape index (κ1) is 12.2. The lowest BCUT2D eigenvalue weighted by atomic mass is 10.1. The minimum atomic E-state index is 1.19. The van der Waals surface area contributed by atoms with Crippen molar-refractivity contribution in [1.29, 1.82) is 0 Å². The topological polar surface area (TPSA) is 31.6 Å². The maximum atomic E-state index is 3.63. The van der Waals surface area contributed by atoms with Crippen LogP contribution in [-0.4, -0.2) is 9.97 Å². The molecule has 0 aliphatic carbocycles. The van der Waals surface area contributed by atoms with Gasteiger partial charge in [0, 0.05) is 21.8 Å². The zero-order valence-electron chi connectivity index (χ0n) is 12.9. The minimum Gasteiger partial charge on any atom is -0.353 e. The molecule has 0 saturated carbocycles. The Balaban J connectivity index is 1.81. The second-order valence-electron chi connectivity index (χ2n) is 6.49. The van der Waals surface area contributed by atoms with Crippen LogP contribution in [0.3, 0.4) is 0 Å². The Bertz CT molecular complexity index is 1290. The molecule has 2 N–H and O–H groups in total. The van der Waals surface area contributed by atoms with Crippen LogP contribution < -0.4 is 0 Å². The molecule has 2 aromatic heterocycles. The van der Waals surface area contributed by atoms with Crippen molar-refractivity contribution in [2.45, 2.75) is 0 Å². The fourth-order valence-corrected chi connectivity index (χ4v) is 3.90. The minimum absolute atomic E-state index is 1.19. The molecule has 4 aromatic carbocycles. The third kappa shape index (κ3) is 1.50. The Morgan fingerprint density at radius 3 is 1.25 bits per heavy atom. The molecule has 2 nitrogen and oxygen atoms in total. The quantitative estimate of drug-likeness (QED) is 0.339. The van der Waals surface area contributed by atoms with Gasteiger partial charge in [0.05, 0.1) is 11.0 Å². The maximum Gasteiger partial charge on any atom is 0.0725 e. The van der Waals surface area contributed by atoms with E-state index in [1.807, 2.05) is 0 Å². The van der Waals surface area contributed by atoms with Gasteiger partial charge in [-0.15, -0.1) is 0 Å². The summed E-state index contributed by atoms with van der Waals surface area (Å²) in [5, 5.41) is 7.59. The van der Waals surface area contributed by atoms with Crippen LogP contribution in [0.1, 0.15) is 0 Å². The van der Waals surface area contributed by atoms with Crippen LogP contribution >= 0.6 is 0 Å². The van der Waals surface area contributed by atoms with Crippen molar-refractivity contribution in [3.8, 4) is 0 Å². The number of aromatic amines is 2. The van der Waals surface area contributed by atoms with Crippen LogP contribution in [0.4, 0.5) is 0 Å². The highest BCUT2D eigenvalue weighted by atomic mass is 14.8. The summed E-state index contributed by atoms with van der Waals surface area (Å²) in [5.74, 6) is 0. The maximum absolute atomic E-state index is 3.63. The summed E-state index contributed by atoms with van der Waals surface area (Å²) in [6.45, 7) is 0. The van der Waals surface area contributed by atoms with E-state index in [1.54, 1.807) is 0 Å².